The van der Waals surface area contributed by atoms with E-state index in [1.54, 1.807) is 28.7 Å². The van der Waals surface area contributed by atoms with Crippen molar-refractivity contribution in [3.8, 4) is 0 Å². The van der Waals surface area contributed by atoms with Crippen LogP contribution < -0.4 is 15.1 Å². The van der Waals surface area contributed by atoms with Gasteiger partial charge >= 0.3 is 6.09 Å². The van der Waals surface area contributed by atoms with Crippen molar-refractivity contribution in [3.63, 3.8) is 0 Å². The maximum atomic E-state index is 15.1. The van der Waals surface area contributed by atoms with E-state index in [0.29, 0.717) is 29.6 Å². The van der Waals surface area contributed by atoms with E-state index in [2.05, 4.69) is 32.9 Å². The molecule has 2 amide bonds. The molecule has 1 N–H and O–H groups in total. The van der Waals surface area contributed by atoms with Gasteiger partial charge in [-0.2, -0.15) is 4.80 Å². The molecule has 2 saturated heterocycles. The van der Waals surface area contributed by atoms with Crippen molar-refractivity contribution in [3.05, 3.63) is 59.9 Å². The number of ether oxygens (including phenoxy) is 1. The zero-order valence-electron chi connectivity index (χ0n) is 20.4. The molecule has 194 valence electrons. The Morgan fingerprint density at radius 1 is 1.19 bits per heavy atom. The summed E-state index contributed by atoms with van der Waals surface area (Å²) in [5, 5.41) is 16.3. The third-order valence-electron chi connectivity index (χ3n) is 6.45. The Labute approximate surface area is 218 Å². The highest BCUT2D eigenvalue weighted by molar-refractivity contribution is 7.98. The summed E-state index contributed by atoms with van der Waals surface area (Å²) in [6, 6.07) is 15.0. The molecule has 3 heterocycles. The van der Waals surface area contributed by atoms with Crippen LogP contribution in [0.2, 0.25) is 0 Å². The molecule has 0 bridgehead atoms. The van der Waals surface area contributed by atoms with Crippen molar-refractivity contribution in [1.29, 1.82) is 0 Å². The quantitative estimate of drug-likeness (QED) is 0.446. The normalized spacial score (nSPS) is 18.2. The van der Waals surface area contributed by atoms with Crippen molar-refractivity contribution in [2.45, 2.75) is 42.8 Å². The monoisotopic (exact) mass is 525 g/mol. The Bertz CT molecular complexity index is 1250. The first-order chi connectivity index (χ1) is 18.0. The number of amides is 2. The highest BCUT2D eigenvalue weighted by atomic mass is 32.2. The van der Waals surface area contributed by atoms with Gasteiger partial charge < -0.3 is 15.0 Å². The smallest absolute Gasteiger partial charge is 0.414 e. The molecule has 0 aliphatic carbocycles. The number of anilines is 2. The summed E-state index contributed by atoms with van der Waals surface area (Å²) in [4.78, 5) is 28.4. The second kappa shape index (κ2) is 11.2. The minimum atomic E-state index is -0.551. The molecule has 5 rings (SSSR count). The van der Waals surface area contributed by atoms with Crippen LogP contribution in [0.15, 0.2) is 53.7 Å². The number of nitrogens with one attached hydrogen (secondary N) is 1. The van der Waals surface area contributed by atoms with Gasteiger partial charge in [0.15, 0.2) is 0 Å². The van der Waals surface area contributed by atoms with Crippen LogP contribution in [0.1, 0.15) is 31.4 Å². The van der Waals surface area contributed by atoms with Gasteiger partial charge in [0, 0.05) is 25.8 Å². The van der Waals surface area contributed by atoms with Gasteiger partial charge in [-0.3, -0.25) is 9.69 Å². The van der Waals surface area contributed by atoms with E-state index in [0.717, 1.165) is 18.6 Å². The average molecular weight is 526 g/mol. The first kappa shape index (κ1) is 25.0. The first-order valence-corrected chi connectivity index (χ1v) is 13.2. The van der Waals surface area contributed by atoms with E-state index < -0.39 is 18.0 Å². The number of piperidine rings is 1. The fourth-order valence-corrected chi connectivity index (χ4v) is 5.22. The third-order valence-corrected chi connectivity index (χ3v) is 7.35. The lowest BCUT2D eigenvalue weighted by Gasteiger charge is -2.33. The molecule has 2 aliphatic rings. The Hall–Kier alpha value is -3.67. The fourth-order valence-electron chi connectivity index (χ4n) is 4.50. The van der Waals surface area contributed by atoms with Crippen LogP contribution in [0.25, 0.3) is 0 Å². The second-order valence-corrected chi connectivity index (χ2v) is 10.0. The van der Waals surface area contributed by atoms with Crippen molar-refractivity contribution in [1.82, 2.24) is 25.5 Å². The molecule has 2 aliphatic heterocycles. The fraction of sp³-hybridized carbons (Fsp3) is 0.400. The Morgan fingerprint density at radius 3 is 2.70 bits per heavy atom. The van der Waals surface area contributed by atoms with Gasteiger partial charge in [0.2, 0.25) is 11.1 Å². The molecule has 0 radical (unpaired) electrons. The number of thioether (sulfide) groups is 1. The number of benzene rings is 2. The number of carbonyl (C=O) groups excluding carboxylic acids is 2. The Morgan fingerprint density at radius 2 is 1.97 bits per heavy atom. The number of hydrogen-bond acceptors (Lipinski definition) is 8. The van der Waals surface area contributed by atoms with Gasteiger partial charge in [0.25, 0.3) is 0 Å². The Kier molecular flexibility index (Phi) is 7.54. The van der Waals surface area contributed by atoms with E-state index in [1.165, 1.54) is 23.5 Å². The summed E-state index contributed by atoms with van der Waals surface area (Å²) in [6.45, 7) is 3.18. The standard InChI is InChI=1S/C25H28FN7O3S/c1-17(34)27-14-21-15-32(25(35)36-21)20-7-8-23(22(26)13-20)31-11-9-19(10-12-31)33-29-24(28-30-33)37-16-18-5-3-2-4-6-18/h2-8,13,19,21H,9-12,14-16H2,1H3,(H,27,34)/t21-/m0/s1. The molecule has 0 spiro atoms. The average Bonchev–Trinajstić information content (AvgIpc) is 3.53. The van der Waals surface area contributed by atoms with Gasteiger partial charge in [-0.1, -0.05) is 42.1 Å². The number of hydrogen-bond donors (Lipinski definition) is 1. The molecule has 0 saturated carbocycles. The largest absolute Gasteiger partial charge is 0.442 e. The third kappa shape index (κ3) is 6.01. The van der Waals surface area contributed by atoms with Crippen LogP contribution in [-0.2, 0) is 15.3 Å². The van der Waals surface area contributed by atoms with Crippen molar-refractivity contribution < 1.29 is 18.7 Å². The van der Waals surface area contributed by atoms with Crippen LogP contribution >= 0.6 is 11.8 Å². The second-order valence-electron chi connectivity index (χ2n) is 9.07. The minimum absolute atomic E-state index is 0.108. The summed E-state index contributed by atoms with van der Waals surface area (Å²) in [7, 11) is 0. The topological polar surface area (TPSA) is 105 Å². The first-order valence-electron chi connectivity index (χ1n) is 12.2. The molecular formula is C25H28FN7O3S. The van der Waals surface area contributed by atoms with Gasteiger partial charge in [-0.05, 0) is 41.8 Å². The number of cyclic esters (lactones) is 1. The van der Waals surface area contributed by atoms with Crippen molar-refractivity contribution in [2.75, 3.05) is 36.0 Å². The van der Waals surface area contributed by atoms with Crippen LogP contribution in [0.4, 0.5) is 20.6 Å². The molecule has 2 aromatic carbocycles. The maximum absolute atomic E-state index is 15.1. The number of nitrogens with zero attached hydrogens (tertiary/aromatic N) is 6. The van der Waals surface area contributed by atoms with Crippen LogP contribution in [0, 0.1) is 5.82 Å². The summed E-state index contributed by atoms with van der Waals surface area (Å²) < 4.78 is 20.4. The molecule has 1 aromatic heterocycles. The lowest BCUT2D eigenvalue weighted by Crippen LogP contribution is -2.36. The number of tetrazole rings is 1. The van der Waals surface area contributed by atoms with E-state index in [-0.39, 0.29) is 25.0 Å². The lowest BCUT2D eigenvalue weighted by molar-refractivity contribution is -0.119. The lowest BCUT2D eigenvalue weighted by atomic mass is 10.0. The minimum Gasteiger partial charge on any atom is -0.442 e. The zero-order valence-corrected chi connectivity index (χ0v) is 21.2. The van der Waals surface area contributed by atoms with Crippen LogP contribution in [0.3, 0.4) is 0 Å². The highest BCUT2D eigenvalue weighted by Gasteiger charge is 2.33. The highest BCUT2D eigenvalue weighted by Crippen LogP contribution is 2.31. The predicted molar refractivity (Wildman–Crippen MR) is 137 cm³/mol. The molecule has 0 unspecified atom stereocenters. The molecule has 37 heavy (non-hydrogen) atoms. The predicted octanol–water partition coefficient (Wildman–Crippen LogP) is 3.41. The van der Waals surface area contributed by atoms with Crippen LogP contribution in [0.5, 0.6) is 0 Å². The van der Waals surface area contributed by atoms with Gasteiger partial charge in [-0.15, -0.1) is 10.2 Å². The van der Waals surface area contributed by atoms with Crippen LogP contribution in [-0.4, -0.2) is 64.5 Å². The van der Waals surface area contributed by atoms with E-state index in [1.807, 2.05) is 23.1 Å². The number of halogens is 1. The Balaban J connectivity index is 1.15. The zero-order chi connectivity index (χ0) is 25.8. The summed E-state index contributed by atoms with van der Waals surface area (Å²) in [6.07, 6.45) is 0.513. The SMILES string of the molecule is CC(=O)NC[C@H]1CN(c2ccc(N3CCC(n4nnc(SCc5ccccc5)n4)CC3)c(F)c2)C(=O)O1. The summed E-state index contributed by atoms with van der Waals surface area (Å²) in [5.74, 6) is 0.189. The molecule has 3 aromatic rings. The molecule has 1 atom stereocenters. The van der Waals surface area contributed by atoms with E-state index in [4.69, 9.17) is 4.74 Å². The van der Waals surface area contributed by atoms with Gasteiger partial charge in [0.05, 0.1) is 30.5 Å². The van der Waals surface area contributed by atoms with E-state index in [9.17, 15) is 9.59 Å². The van der Waals surface area contributed by atoms with Gasteiger partial charge in [-0.25, -0.2) is 9.18 Å². The summed E-state index contributed by atoms with van der Waals surface area (Å²) >= 11 is 1.55. The van der Waals surface area contributed by atoms with Gasteiger partial charge in [0.1, 0.15) is 11.9 Å². The molecule has 2 fully saturated rings. The molecular weight excluding hydrogens is 497 g/mol. The molecule has 10 nitrogen and oxygen atoms in total. The summed E-state index contributed by atoms with van der Waals surface area (Å²) in [5.41, 5.74) is 2.13. The number of aromatic nitrogens is 4. The van der Waals surface area contributed by atoms with E-state index >= 15 is 4.39 Å². The molecule has 12 heteroatoms. The number of rotatable bonds is 8. The number of carbonyl (C=O) groups is 2. The van der Waals surface area contributed by atoms with Crippen molar-refractivity contribution in [2.24, 2.45) is 0 Å². The van der Waals surface area contributed by atoms with Crippen molar-refractivity contribution >= 4 is 35.1 Å². The maximum Gasteiger partial charge on any atom is 0.414 e.